The summed E-state index contributed by atoms with van der Waals surface area (Å²) in [5.41, 5.74) is 5.22. The van der Waals surface area contributed by atoms with Gasteiger partial charge in [0.25, 0.3) is 0 Å². The van der Waals surface area contributed by atoms with Crippen LogP contribution in [0.4, 0.5) is 0 Å². The Balaban J connectivity index is 0.00000484. The normalized spacial score (nSPS) is 20.3. The molecule has 1 fully saturated rings. The Bertz CT molecular complexity index is 390. The number of nitrogens with two attached hydrogens (primary N) is 1. The fourth-order valence-corrected chi connectivity index (χ4v) is 2.60. The summed E-state index contributed by atoms with van der Waals surface area (Å²) < 4.78 is 0. The summed E-state index contributed by atoms with van der Waals surface area (Å²) >= 11 is 0. The van der Waals surface area contributed by atoms with E-state index in [1.807, 2.05) is 20.8 Å². The van der Waals surface area contributed by atoms with Gasteiger partial charge in [0.15, 0.2) is 0 Å². The molecule has 4 N–H and O–H groups in total. The van der Waals surface area contributed by atoms with Gasteiger partial charge in [0, 0.05) is 25.2 Å². The number of halogens is 1. The van der Waals surface area contributed by atoms with Crippen LogP contribution in [0.25, 0.3) is 0 Å². The third-order valence-electron chi connectivity index (χ3n) is 4.54. The molecule has 1 rings (SSSR count). The van der Waals surface area contributed by atoms with Crippen molar-refractivity contribution in [1.29, 1.82) is 0 Å². The van der Waals surface area contributed by atoms with Crippen molar-refractivity contribution in [2.24, 2.45) is 11.7 Å². The molecule has 0 radical (unpaired) electrons. The van der Waals surface area contributed by atoms with E-state index in [2.05, 4.69) is 22.5 Å². The van der Waals surface area contributed by atoms with E-state index in [9.17, 15) is 9.59 Å². The number of hydrogen-bond donors (Lipinski definition) is 3. The lowest BCUT2D eigenvalue weighted by atomic mass is 9.95. The zero-order chi connectivity index (χ0) is 16.8. The lowest BCUT2D eigenvalue weighted by Crippen LogP contribution is -2.55. The first-order valence-electron chi connectivity index (χ1n) is 8.34. The average molecular weight is 349 g/mol. The fourth-order valence-electron chi connectivity index (χ4n) is 2.60. The summed E-state index contributed by atoms with van der Waals surface area (Å²) in [4.78, 5) is 26.6. The Morgan fingerprint density at radius 1 is 1.39 bits per heavy atom. The zero-order valence-corrected chi connectivity index (χ0v) is 15.7. The lowest BCUT2D eigenvalue weighted by Gasteiger charge is -2.37. The Kier molecular flexibility index (Phi) is 9.73. The Morgan fingerprint density at radius 2 is 2.04 bits per heavy atom. The zero-order valence-electron chi connectivity index (χ0n) is 14.9. The number of rotatable bonds is 7. The van der Waals surface area contributed by atoms with Gasteiger partial charge in [0.2, 0.25) is 11.8 Å². The van der Waals surface area contributed by atoms with Crippen molar-refractivity contribution in [2.75, 3.05) is 26.2 Å². The van der Waals surface area contributed by atoms with E-state index in [0.717, 1.165) is 25.8 Å². The molecule has 7 heteroatoms. The number of nitrogens with zero attached hydrogens (tertiary/aromatic N) is 1. The molecule has 6 nitrogen and oxygen atoms in total. The summed E-state index contributed by atoms with van der Waals surface area (Å²) in [6.45, 7) is 10.5. The van der Waals surface area contributed by atoms with E-state index in [1.165, 1.54) is 0 Å². The van der Waals surface area contributed by atoms with Crippen LogP contribution in [0, 0.1) is 5.92 Å². The van der Waals surface area contributed by atoms with E-state index >= 15 is 0 Å². The Labute approximate surface area is 146 Å². The summed E-state index contributed by atoms with van der Waals surface area (Å²) in [5.74, 6) is 0.0428. The molecule has 1 saturated heterocycles. The van der Waals surface area contributed by atoms with Crippen LogP contribution < -0.4 is 16.4 Å². The third-order valence-corrected chi connectivity index (χ3v) is 4.54. The molecule has 0 aromatic rings. The van der Waals surface area contributed by atoms with Crippen LogP contribution in [0.5, 0.6) is 0 Å². The van der Waals surface area contributed by atoms with Crippen molar-refractivity contribution < 1.29 is 9.59 Å². The molecule has 0 saturated carbocycles. The highest BCUT2D eigenvalue weighted by Gasteiger charge is 2.32. The number of carbonyl (C=O) groups is 2. The smallest absolute Gasteiger partial charge is 0.237 e. The Hall–Kier alpha value is -0.850. The highest BCUT2D eigenvalue weighted by Crippen LogP contribution is 2.19. The molecule has 2 atom stereocenters. The third kappa shape index (κ3) is 7.06. The van der Waals surface area contributed by atoms with E-state index in [-0.39, 0.29) is 41.7 Å². The van der Waals surface area contributed by atoms with Crippen LogP contribution in [-0.4, -0.2) is 54.5 Å². The first kappa shape index (κ1) is 22.1. The summed E-state index contributed by atoms with van der Waals surface area (Å²) in [7, 11) is 0. The summed E-state index contributed by atoms with van der Waals surface area (Å²) in [6.07, 6.45) is 2.70. The van der Waals surface area contributed by atoms with Crippen molar-refractivity contribution >= 4 is 24.2 Å². The minimum absolute atomic E-state index is 0. The molecule has 1 aliphatic heterocycles. The fraction of sp³-hybridized carbons (Fsp3) is 0.875. The van der Waals surface area contributed by atoms with Gasteiger partial charge in [-0.15, -0.1) is 12.4 Å². The maximum Gasteiger partial charge on any atom is 0.237 e. The van der Waals surface area contributed by atoms with Gasteiger partial charge in [-0.05, 0) is 46.6 Å². The van der Waals surface area contributed by atoms with Gasteiger partial charge >= 0.3 is 0 Å². The molecule has 0 bridgehead atoms. The van der Waals surface area contributed by atoms with Gasteiger partial charge in [-0.1, -0.05) is 6.92 Å². The molecule has 0 aromatic heterocycles. The quantitative estimate of drug-likeness (QED) is 0.637. The largest absolute Gasteiger partial charge is 0.355 e. The molecule has 0 aromatic carbocycles. The molecule has 23 heavy (non-hydrogen) atoms. The van der Waals surface area contributed by atoms with Gasteiger partial charge in [0.1, 0.15) is 0 Å². The van der Waals surface area contributed by atoms with Crippen LogP contribution in [-0.2, 0) is 9.59 Å². The highest BCUT2D eigenvalue weighted by atomic mass is 35.5. The maximum absolute atomic E-state index is 12.4. The molecule has 1 heterocycles. The van der Waals surface area contributed by atoms with Crippen molar-refractivity contribution in [3.8, 4) is 0 Å². The lowest BCUT2D eigenvalue weighted by molar-refractivity contribution is -0.132. The number of carbonyl (C=O) groups excluding carboxylic acids is 2. The van der Waals surface area contributed by atoms with E-state index in [0.29, 0.717) is 19.6 Å². The van der Waals surface area contributed by atoms with Crippen LogP contribution in [0.1, 0.15) is 47.0 Å². The van der Waals surface area contributed by atoms with Gasteiger partial charge in [-0.3, -0.25) is 14.5 Å². The number of piperidine rings is 1. The van der Waals surface area contributed by atoms with Gasteiger partial charge < -0.3 is 16.4 Å². The molecule has 0 aliphatic carbocycles. The van der Waals surface area contributed by atoms with Crippen LogP contribution in [0.3, 0.4) is 0 Å². The number of likely N-dealkylation sites (tertiary alicyclic amines) is 1. The van der Waals surface area contributed by atoms with Crippen molar-refractivity contribution in [1.82, 2.24) is 15.5 Å². The van der Waals surface area contributed by atoms with Crippen molar-refractivity contribution in [2.45, 2.75) is 58.5 Å². The maximum atomic E-state index is 12.4. The van der Waals surface area contributed by atoms with Crippen LogP contribution in [0.15, 0.2) is 0 Å². The second-order valence-electron chi connectivity index (χ2n) is 6.82. The number of nitrogens with one attached hydrogen (secondary N) is 2. The molecule has 2 unspecified atom stereocenters. The number of amides is 2. The minimum atomic E-state index is -0.212. The molecular weight excluding hydrogens is 316 g/mol. The molecule has 0 spiro atoms. The summed E-state index contributed by atoms with van der Waals surface area (Å²) in [5, 5.41) is 5.93. The predicted molar refractivity (Wildman–Crippen MR) is 95.6 cm³/mol. The van der Waals surface area contributed by atoms with Gasteiger partial charge in [0.05, 0.1) is 12.0 Å². The second-order valence-corrected chi connectivity index (χ2v) is 6.82. The van der Waals surface area contributed by atoms with Crippen LogP contribution in [0.2, 0.25) is 0 Å². The molecule has 1 aliphatic rings. The number of hydrogen-bond acceptors (Lipinski definition) is 4. The molecular formula is C16H33ClN4O2. The molecule has 136 valence electrons. The highest BCUT2D eigenvalue weighted by molar-refractivity contribution is 5.85. The summed E-state index contributed by atoms with van der Waals surface area (Å²) in [6, 6.07) is -0.212. The standard InChI is InChI=1S/C16H32N4O2.ClH/c1-5-16(3,4)19-14(21)12(2)20-10-6-7-13(11-20)15(22)18-9-8-17;/h12-13H,5-11,17H2,1-4H3,(H,18,22)(H,19,21);1H. The van der Waals surface area contributed by atoms with Gasteiger partial charge in [-0.2, -0.15) is 0 Å². The van der Waals surface area contributed by atoms with E-state index < -0.39 is 0 Å². The van der Waals surface area contributed by atoms with Crippen molar-refractivity contribution in [3.63, 3.8) is 0 Å². The predicted octanol–water partition coefficient (Wildman–Crippen LogP) is 0.888. The monoisotopic (exact) mass is 348 g/mol. The molecule has 2 amide bonds. The first-order chi connectivity index (χ1) is 10.3. The Morgan fingerprint density at radius 3 is 2.61 bits per heavy atom. The minimum Gasteiger partial charge on any atom is -0.355 e. The topological polar surface area (TPSA) is 87.5 Å². The first-order valence-corrected chi connectivity index (χ1v) is 8.34. The van der Waals surface area contributed by atoms with Crippen molar-refractivity contribution in [3.05, 3.63) is 0 Å². The van der Waals surface area contributed by atoms with E-state index in [4.69, 9.17) is 5.73 Å². The van der Waals surface area contributed by atoms with Crippen LogP contribution >= 0.6 is 12.4 Å². The SMILES string of the molecule is CCC(C)(C)NC(=O)C(C)N1CCCC(C(=O)NCCN)C1.Cl. The van der Waals surface area contributed by atoms with Gasteiger partial charge in [-0.25, -0.2) is 0 Å². The second kappa shape index (κ2) is 10.1. The average Bonchev–Trinajstić information content (AvgIpc) is 2.51. The van der Waals surface area contributed by atoms with E-state index in [1.54, 1.807) is 0 Å².